The second kappa shape index (κ2) is 11.8. The molecule has 6 heteroatoms. The Labute approximate surface area is 206 Å². The summed E-state index contributed by atoms with van der Waals surface area (Å²) in [4.78, 5) is 20.6. The van der Waals surface area contributed by atoms with E-state index in [1.165, 1.54) is 5.56 Å². The van der Waals surface area contributed by atoms with Crippen LogP contribution in [-0.4, -0.2) is 35.8 Å². The average Bonchev–Trinajstić information content (AvgIpc) is 3.28. The Balaban J connectivity index is 1.63. The molecule has 1 atom stereocenters. The third-order valence-corrected chi connectivity index (χ3v) is 6.06. The number of hydrogen-bond donors (Lipinski definition) is 0. The number of hydrogen-bond acceptors (Lipinski definition) is 6. The first-order chi connectivity index (χ1) is 17.1. The van der Waals surface area contributed by atoms with E-state index in [4.69, 9.17) is 13.9 Å². The van der Waals surface area contributed by atoms with Gasteiger partial charge in [-0.1, -0.05) is 68.4 Å². The summed E-state index contributed by atoms with van der Waals surface area (Å²) >= 11 is 0. The number of aryl methyl sites for hydroxylation is 2. The number of carbonyl (C=O) groups is 1. The van der Waals surface area contributed by atoms with E-state index in [2.05, 4.69) is 60.2 Å². The Hall–Kier alpha value is -3.51. The zero-order valence-corrected chi connectivity index (χ0v) is 20.6. The van der Waals surface area contributed by atoms with Crippen molar-refractivity contribution >= 4 is 17.1 Å². The fourth-order valence-corrected chi connectivity index (χ4v) is 4.17. The van der Waals surface area contributed by atoms with Crippen molar-refractivity contribution in [3.05, 3.63) is 72.2 Å². The van der Waals surface area contributed by atoms with Crippen molar-refractivity contribution in [2.75, 3.05) is 19.8 Å². The minimum absolute atomic E-state index is 0.0179. The van der Waals surface area contributed by atoms with Gasteiger partial charge in [0.25, 0.3) is 0 Å². The number of nitrogens with zero attached hydrogens (tertiary/aromatic N) is 2. The lowest BCUT2D eigenvalue weighted by atomic mass is 9.95. The summed E-state index contributed by atoms with van der Waals surface area (Å²) in [6.07, 6.45) is 4.16. The van der Waals surface area contributed by atoms with E-state index in [0.29, 0.717) is 18.9 Å². The van der Waals surface area contributed by atoms with Crippen molar-refractivity contribution in [1.82, 2.24) is 9.97 Å². The fraction of sp³-hybridized carbons (Fsp3) is 0.345. The molecular formula is C29H32N2O4. The SMILES string of the molecule is CCOC(=O)COC[C@@H](C)CCc1ncnc2oc(-c3ccccc3)c(-c3ccc(CC)cc3)c12. The predicted octanol–water partition coefficient (Wildman–Crippen LogP) is 6.27. The van der Waals surface area contributed by atoms with Gasteiger partial charge in [0.1, 0.15) is 18.7 Å². The van der Waals surface area contributed by atoms with Gasteiger partial charge in [-0.2, -0.15) is 0 Å². The smallest absolute Gasteiger partial charge is 0.332 e. The van der Waals surface area contributed by atoms with Crippen molar-refractivity contribution in [1.29, 1.82) is 0 Å². The zero-order valence-electron chi connectivity index (χ0n) is 20.6. The number of benzene rings is 2. The predicted molar refractivity (Wildman–Crippen MR) is 137 cm³/mol. The van der Waals surface area contributed by atoms with Crippen LogP contribution in [0.25, 0.3) is 33.6 Å². The lowest BCUT2D eigenvalue weighted by molar-refractivity contribution is -0.148. The molecule has 0 spiro atoms. The Bertz CT molecular complexity index is 1250. The van der Waals surface area contributed by atoms with Gasteiger partial charge in [-0.15, -0.1) is 0 Å². The molecule has 0 aliphatic carbocycles. The summed E-state index contributed by atoms with van der Waals surface area (Å²) in [6, 6.07) is 18.8. The lowest BCUT2D eigenvalue weighted by Gasteiger charge is -2.12. The molecule has 0 amide bonds. The normalized spacial score (nSPS) is 12.1. The molecule has 0 fully saturated rings. The third-order valence-electron chi connectivity index (χ3n) is 6.06. The van der Waals surface area contributed by atoms with Gasteiger partial charge in [-0.25, -0.2) is 14.8 Å². The average molecular weight is 473 g/mol. The molecule has 4 rings (SSSR count). The minimum Gasteiger partial charge on any atom is -0.464 e. The molecule has 0 aliphatic rings. The number of rotatable bonds is 11. The van der Waals surface area contributed by atoms with E-state index in [0.717, 1.165) is 52.8 Å². The molecule has 35 heavy (non-hydrogen) atoms. The van der Waals surface area contributed by atoms with E-state index in [1.807, 2.05) is 18.2 Å². The molecule has 0 N–H and O–H groups in total. The van der Waals surface area contributed by atoms with Gasteiger partial charge >= 0.3 is 5.97 Å². The van der Waals surface area contributed by atoms with E-state index < -0.39 is 0 Å². The molecule has 6 nitrogen and oxygen atoms in total. The van der Waals surface area contributed by atoms with Crippen molar-refractivity contribution in [2.24, 2.45) is 5.92 Å². The summed E-state index contributed by atoms with van der Waals surface area (Å²) in [7, 11) is 0. The largest absolute Gasteiger partial charge is 0.464 e. The van der Waals surface area contributed by atoms with Crippen LogP contribution in [0.1, 0.15) is 38.4 Å². The van der Waals surface area contributed by atoms with Crippen molar-refractivity contribution in [2.45, 2.75) is 40.0 Å². The molecular weight excluding hydrogens is 440 g/mol. The van der Waals surface area contributed by atoms with E-state index >= 15 is 0 Å². The zero-order chi connectivity index (χ0) is 24.6. The first-order valence-corrected chi connectivity index (χ1v) is 12.2. The van der Waals surface area contributed by atoms with Crippen molar-refractivity contribution < 1.29 is 18.7 Å². The number of carbonyl (C=O) groups excluding carboxylic acids is 1. The molecule has 2 aromatic heterocycles. The van der Waals surface area contributed by atoms with Gasteiger partial charge < -0.3 is 13.9 Å². The number of esters is 1. The number of ether oxygens (including phenoxy) is 2. The first-order valence-electron chi connectivity index (χ1n) is 12.2. The summed E-state index contributed by atoms with van der Waals surface area (Å²) in [6.45, 7) is 6.88. The quantitative estimate of drug-likeness (QED) is 0.240. The Morgan fingerprint density at radius 1 is 1.00 bits per heavy atom. The Morgan fingerprint density at radius 2 is 1.77 bits per heavy atom. The third kappa shape index (κ3) is 5.95. The highest BCUT2D eigenvalue weighted by molar-refractivity contribution is 6.01. The standard InChI is InChI=1S/C29H32N2O4/c1-4-21-12-14-22(15-13-21)26-27-24(16-11-20(3)17-33-18-25(32)34-5-2)30-19-31-29(27)35-28(26)23-9-7-6-8-10-23/h6-10,12-15,19-20H,4-5,11,16-18H2,1-3H3/t20-/m0/s1. The summed E-state index contributed by atoms with van der Waals surface area (Å²) in [5.74, 6) is 0.724. The number of fused-ring (bicyclic) bond motifs is 1. The van der Waals surface area contributed by atoms with Gasteiger partial charge in [0.2, 0.25) is 5.71 Å². The van der Waals surface area contributed by atoms with Crippen LogP contribution in [0.15, 0.2) is 65.3 Å². The summed E-state index contributed by atoms with van der Waals surface area (Å²) in [5, 5.41) is 0.954. The minimum atomic E-state index is -0.331. The van der Waals surface area contributed by atoms with Gasteiger partial charge in [0, 0.05) is 17.7 Å². The molecule has 4 aromatic rings. The van der Waals surface area contributed by atoms with Crippen LogP contribution in [-0.2, 0) is 27.1 Å². The highest BCUT2D eigenvalue weighted by Crippen LogP contribution is 2.41. The van der Waals surface area contributed by atoms with Gasteiger partial charge in [0.15, 0.2) is 0 Å². The maximum atomic E-state index is 11.5. The van der Waals surface area contributed by atoms with E-state index in [9.17, 15) is 4.79 Å². The highest BCUT2D eigenvalue weighted by atomic mass is 16.6. The van der Waals surface area contributed by atoms with Crippen LogP contribution in [0.3, 0.4) is 0 Å². The second-order valence-corrected chi connectivity index (χ2v) is 8.69. The lowest BCUT2D eigenvalue weighted by Crippen LogP contribution is -2.16. The van der Waals surface area contributed by atoms with Crippen LogP contribution in [0.4, 0.5) is 0 Å². The Morgan fingerprint density at radius 3 is 2.49 bits per heavy atom. The molecule has 0 bridgehead atoms. The van der Waals surface area contributed by atoms with Gasteiger partial charge in [-0.3, -0.25) is 0 Å². The second-order valence-electron chi connectivity index (χ2n) is 8.69. The van der Waals surface area contributed by atoms with E-state index in [-0.39, 0.29) is 18.5 Å². The van der Waals surface area contributed by atoms with E-state index in [1.54, 1.807) is 13.3 Å². The number of furan rings is 1. The van der Waals surface area contributed by atoms with Gasteiger partial charge in [0.05, 0.1) is 17.7 Å². The molecule has 0 aliphatic heterocycles. The molecule has 2 heterocycles. The van der Waals surface area contributed by atoms with Crippen LogP contribution in [0.2, 0.25) is 0 Å². The molecule has 0 radical (unpaired) electrons. The maximum Gasteiger partial charge on any atom is 0.332 e. The molecule has 2 aromatic carbocycles. The molecule has 0 saturated carbocycles. The molecule has 182 valence electrons. The van der Waals surface area contributed by atoms with Crippen LogP contribution in [0, 0.1) is 5.92 Å². The van der Waals surface area contributed by atoms with Crippen LogP contribution in [0.5, 0.6) is 0 Å². The highest BCUT2D eigenvalue weighted by Gasteiger charge is 2.22. The van der Waals surface area contributed by atoms with Crippen molar-refractivity contribution in [3.8, 4) is 22.5 Å². The van der Waals surface area contributed by atoms with Crippen LogP contribution >= 0.6 is 0 Å². The van der Waals surface area contributed by atoms with Gasteiger partial charge in [-0.05, 0) is 43.2 Å². The topological polar surface area (TPSA) is 74.5 Å². The summed E-state index contributed by atoms with van der Waals surface area (Å²) < 4.78 is 16.8. The van der Waals surface area contributed by atoms with Crippen LogP contribution < -0.4 is 0 Å². The maximum absolute atomic E-state index is 11.5. The van der Waals surface area contributed by atoms with Crippen molar-refractivity contribution in [3.63, 3.8) is 0 Å². The number of aromatic nitrogens is 2. The molecule has 0 saturated heterocycles. The first kappa shape index (κ1) is 24.6. The Kier molecular flexibility index (Phi) is 8.27. The monoisotopic (exact) mass is 472 g/mol. The fourth-order valence-electron chi connectivity index (χ4n) is 4.17. The summed E-state index contributed by atoms with van der Waals surface area (Å²) in [5.41, 5.74) is 5.95. The molecule has 0 unspecified atom stereocenters.